The number of aliphatic hydroxyl groups is 2. The smallest absolute Gasteiger partial charge is 0.417 e. The molecule has 2 aromatic rings. The average molecular weight is 921 g/mol. The number of fused-ring (bicyclic) bond motifs is 2. The molecule has 2 aromatic carbocycles. The van der Waals surface area contributed by atoms with Gasteiger partial charge < -0.3 is 38.7 Å². The van der Waals surface area contributed by atoms with Gasteiger partial charge in [0.25, 0.3) is 0 Å². The maximum atomic E-state index is 13.5. The van der Waals surface area contributed by atoms with Crippen LogP contribution in [0.4, 0.5) is 10.5 Å². The number of thioether (sulfide) groups is 1. The van der Waals surface area contributed by atoms with E-state index in [4.69, 9.17) is 33.7 Å². The molecule has 6 atom stereocenters. The predicted molar refractivity (Wildman–Crippen MR) is 264 cm³/mol. The second-order valence-corrected chi connectivity index (χ2v) is 19.3. The largest absolute Gasteiger partial charge is 0.497 e. The molecule has 0 bridgehead atoms. The molecule has 12 heteroatoms. The van der Waals surface area contributed by atoms with E-state index in [1.807, 2.05) is 23.9 Å². The number of rotatable bonds is 32. The van der Waals surface area contributed by atoms with Crippen LogP contribution < -0.4 is 24.3 Å². The SMILES string of the molecule is C=CCOC12Oc3ccc(OC(=O)Nc4ccc(OC)cc4OC)cc3C3C(CCCCO)C(CCCCO)C=C(C(=NOC)CC1SCCCCCCCCCCCCCCCC)C32. The standard InChI is InChI=1S/C53H80N2O9S/c1-6-8-9-10-11-12-13-14-15-16-17-18-19-24-34-65-49-38-46(55-61-5)43-35-39(25-20-22-31-56)42(26-21-23-32-57)50-44-36-41(28-30-47(44)64-53(49,51(43)50)62-33-7-2)63-52(58)54-45-29-27-40(59-3)37-48(45)60-4/h7,27-30,35-37,39,42,49-51,56-57H,2,6,8-26,31-34,38H2,1,3-5H3,(H,54,58). The summed E-state index contributed by atoms with van der Waals surface area (Å²) in [6, 6.07) is 10.8. The third-order valence-corrected chi connectivity index (χ3v) is 14.9. The van der Waals surface area contributed by atoms with Crippen LogP contribution in [0.3, 0.4) is 0 Å². The number of methoxy groups -OCH3 is 2. The number of nitrogens with zero attached hydrogens (tertiary/aromatic N) is 1. The van der Waals surface area contributed by atoms with Gasteiger partial charge in [0.2, 0.25) is 5.79 Å². The molecule has 3 aliphatic rings. The number of ether oxygens (including phenoxy) is 5. The molecule has 1 saturated carbocycles. The monoisotopic (exact) mass is 921 g/mol. The van der Waals surface area contributed by atoms with Gasteiger partial charge in [-0.05, 0) is 85.6 Å². The molecule has 362 valence electrons. The summed E-state index contributed by atoms with van der Waals surface area (Å²) in [5, 5.41) is 27.2. The van der Waals surface area contributed by atoms with Gasteiger partial charge >= 0.3 is 6.09 Å². The van der Waals surface area contributed by atoms with Crippen molar-refractivity contribution in [2.75, 3.05) is 52.2 Å². The zero-order valence-corrected chi connectivity index (χ0v) is 40.8. The van der Waals surface area contributed by atoms with E-state index in [1.54, 1.807) is 44.6 Å². The lowest BCUT2D eigenvalue weighted by atomic mass is 9.56. The van der Waals surface area contributed by atoms with E-state index in [9.17, 15) is 15.0 Å². The molecule has 3 N–H and O–H groups in total. The maximum absolute atomic E-state index is 13.5. The zero-order chi connectivity index (χ0) is 46.3. The number of allylic oxidation sites excluding steroid dienone is 1. The van der Waals surface area contributed by atoms with Crippen LogP contribution >= 0.6 is 11.8 Å². The molecule has 1 heterocycles. The second kappa shape index (κ2) is 28.5. The summed E-state index contributed by atoms with van der Waals surface area (Å²) in [4.78, 5) is 19.1. The third-order valence-electron chi connectivity index (χ3n) is 13.5. The fourth-order valence-electron chi connectivity index (χ4n) is 10.3. The fraction of sp³-hybridized carbons (Fsp3) is 0.660. The Bertz CT molecular complexity index is 1800. The highest BCUT2D eigenvalue weighted by Crippen LogP contribution is 2.62. The van der Waals surface area contributed by atoms with E-state index in [0.717, 1.165) is 54.7 Å². The Morgan fingerprint density at radius 1 is 0.846 bits per heavy atom. The first-order valence-corrected chi connectivity index (χ1v) is 25.9. The summed E-state index contributed by atoms with van der Waals surface area (Å²) in [5.74, 6) is 1.98. The Hall–Kier alpha value is -3.71. The number of carbonyl (C=O) groups is 1. The molecular weight excluding hydrogens is 841 g/mol. The van der Waals surface area contributed by atoms with Crippen molar-refractivity contribution in [2.24, 2.45) is 22.9 Å². The molecule has 6 unspecified atom stereocenters. The van der Waals surface area contributed by atoms with Gasteiger partial charge in [0, 0.05) is 37.2 Å². The van der Waals surface area contributed by atoms with Crippen LogP contribution in [-0.4, -0.2) is 80.0 Å². The van der Waals surface area contributed by atoms with Gasteiger partial charge in [-0.15, -0.1) is 6.58 Å². The maximum Gasteiger partial charge on any atom is 0.417 e. The molecule has 1 aliphatic heterocycles. The van der Waals surface area contributed by atoms with Crippen LogP contribution in [0.5, 0.6) is 23.0 Å². The number of oxime groups is 1. The van der Waals surface area contributed by atoms with Gasteiger partial charge in [-0.25, -0.2) is 4.79 Å². The van der Waals surface area contributed by atoms with Gasteiger partial charge in [-0.2, -0.15) is 11.8 Å². The van der Waals surface area contributed by atoms with Crippen molar-refractivity contribution in [2.45, 2.75) is 159 Å². The highest BCUT2D eigenvalue weighted by molar-refractivity contribution is 8.00. The van der Waals surface area contributed by atoms with E-state index in [2.05, 4.69) is 24.9 Å². The lowest BCUT2D eigenvalue weighted by Crippen LogP contribution is -2.64. The Morgan fingerprint density at radius 3 is 2.14 bits per heavy atom. The summed E-state index contributed by atoms with van der Waals surface area (Å²) in [6.45, 7) is 6.91. The van der Waals surface area contributed by atoms with Crippen molar-refractivity contribution in [1.29, 1.82) is 0 Å². The van der Waals surface area contributed by atoms with Gasteiger partial charge in [0.1, 0.15) is 30.1 Å². The molecule has 65 heavy (non-hydrogen) atoms. The summed E-state index contributed by atoms with van der Waals surface area (Å²) >= 11 is 1.91. The molecule has 1 fully saturated rings. The number of hydrogen-bond donors (Lipinski definition) is 3. The first-order chi connectivity index (χ1) is 31.9. The van der Waals surface area contributed by atoms with Crippen molar-refractivity contribution in [3.63, 3.8) is 0 Å². The van der Waals surface area contributed by atoms with Crippen molar-refractivity contribution in [3.05, 3.63) is 66.3 Å². The Balaban J connectivity index is 1.40. The minimum Gasteiger partial charge on any atom is -0.497 e. The van der Waals surface area contributed by atoms with Crippen LogP contribution in [0, 0.1) is 17.8 Å². The van der Waals surface area contributed by atoms with Crippen LogP contribution in [0.25, 0.3) is 0 Å². The number of benzene rings is 2. The van der Waals surface area contributed by atoms with E-state index >= 15 is 0 Å². The Kier molecular flexibility index (Phi) is 22.9. The summed E-state index contributed by atoms with van der Waals surface area (Å²) in [7, 11) is 4.72. The number of carbonyl (C=O) groups excluding carboxylic acids is 1. The van der Waals surface area contributed by atoms with E-state index in [0.29, 0.717) is 54.6 Å². The molecule has 0 radical (unpaired) electrons. The Labute approximate surface area is 394 Å². The van der Waals surface area contributed by atoms with Crippen molar-refractivity contribution < 1.29 is 43.5 Å². The van der Waals surface area contributed by atoms with Crippen LogP contribution in [0.1, 0.15) is 153 Å². The molecule has 2 aliphatic carbocycles. The van der Waals surface area contributed by atoms with Crippen LogP contribution in [-0.2, 0) is 9.57 Å². The molecular formula is C53H80N2O9S. The third kappa shape index (κ3) is 14.6. The van der Waals surface area contributed by atoms with Crippen LogP contribution in [0.2, 0.25) is 0 Å². The number of amides is 1. The lowest BCUT2D eigenvalue weighted by Gasteiger charge is -2.58. The van der Waals surface area contributed by atoms with E-state index in [-0.39, 0.29) is 42.1 Å². The van der Waals surface area contributed by atoms with Gasteiger partial charge in [0.05, 0.1) is 43.4 Å². The van der Waals surface area contributed by atoms with E-state index < -0.39 is 11.9 Å². The topological polar surface area (TPSA) is 137 Å². The second-order valence-electron chi connectivity index (χ2n) is 18.0. The number of aliphatic hydroxyl groups excluding tert-OH is 2. The molecule has 0 saturated heterocycles. The highest BCUT2D eigenvalue weighted by Gasteiger charge is 2.64. The highest BCUT2D eigenvalue weighted by atomic mass is 32.2. The van der Waals surface area contributed by atoms with Gasteiger partial charge in [0.15, 0.2) is 0 Å². The molecule has 11 nitrogen and oxygen atoms in total. The average Bonchev–Trinajstić information content (AvgIpc) is 3.31. The van der Waals surface area contributed by atoms with Crippen molar-refractivity contribution in [3.8, 4) is 23.0 Å². The minimum absolute atomic E-state index is 0.0960. The summed E-state index contributed by atoms with van der Waals surface area (Å²) in [6.07, 6.45) is 27.5. The van der Waals surface area contributed by atoms with E-state index in [1.165, 1.54) is 90.6 Å². The number of anilines is 1. The number of unbranched alkanes of at least 4 members (excludes halogenated alkanes) is 15. The normalized spacial score (nSPS) is 22.6. The number of nitrogens with one attached hydrogen (secondary N) is 1. The van der Waals surface area contributed by atoms with Gasteiger partial charge in [-0.3, -0.25) is 5.32 Å². The summed E-state index contributed by atoms with van der Waals surface area (Å²) < 4.78 is 31.2. The Morgan fingerprint density at radius 2 is 1.51 bits per heavy atom. The quantitative estimate of drug-likeness (QED) is 0.0369. The molecule has 5 rings (SSSR count). The first kappa shape index (κ1) is 52.3. The molecule has 0 aromatic heterocycles. The first-order valence-electron chi connectivity index (χ1n) is 24.8. The fourth-order valence-corrected chi connectivity index (χ4v) is 11.7. The zero-order valence-electron chi connectivity index (χ0n) is 40.0. The van der Waals surface area contributed by atoms with Crippen LogP contribution in [0.15, 0.2) is 65.9 Å². The molecule has 0 spiro atoms. The summed E-state index contributed by atoms with van der Waals surface area (Å²) in [5.41, 5.74) is 3.38. The van der Waals surface area contributed by atoms with Crippen molar-refractivity contribution in [1.82, 2.24) is 0 Å². The van der Waals surface area contributed by atoms with Gasteiger partial charge in [-0.1, -0.05) is 121 Å². The molecule has 1 amide bonds. The predicted octanol–water partition coefficient (Wildman–Crippen LogP) is 12.8. The minimum atomic E-state index is -1.04. The lowest BCUT2D eigenvalue weighted by molar-refractivity contribution is -0.223. The number of hydrogen-bond acceptors (Lipinski definition) is 11. The van der Waals surface area contributed by atoms with Crippen molar-refractivity contribution >= 4 is 29.3 Å².